The van der Waals surface area contributed by atoms with E-state index in [4.69, 9.17) is 0 Å². The molecule has 1 rings (SSSR count). The second-order valence-corrected chi connectivity index (χ2v) is 7.12. The van der Waals surface area contributed by atoms with Gasteiger partial charge in [0.25, 0.3) is 0 Å². The third-order valence-electron chi connectivity index (χ3n) is 2.63. The molecule has 0 aromatic heterocycles. The maximum Gasteiger partial charge on any atom is 0.239 e. The maximum absolute atomic E-state index is 12.8. The van der Waals surface area contributed by atoms with Crippen molar-refractivity contribution in [2.75, 3.05) is 25.9 Å². The second kappa shape index (κ2) is 9.39. The first-order valence-corrected chi connectivity index (χ1v) is 8.42. The number of thioether (sulfide) groups is 1. The molecule has 0 spiro atoms. The molecular formula is C16H25FN4OS. The van der Waals surface area contributed by atoms with Crippen LogP contribution in [0.1, 0.15) is 20.8 Å². The molecule has 0 bridgehead atoms. The van der Waals surface area contributed by atoms with Gasteiger partial charge in [-0.2, -0.15) is 0 Å². The molecule has 0 unspecified atom stereocenters. The molecule has 0 saturated carbocycles. The van der Waals surface area contributed by atoms with Crippen molar-refractivity contribution in [1.82, 2.24) is 16.0 Å². The van der Waals surface area contributed by atoms with E-state index in [9.17, 15) is 9.18 Å². The van der Waals surface area contributed by atoms with Crippen LogP contribution in [0.2, 0.25) is 0 Å². The Hall–Kier alpha value is -1.76. The summed E-state index contributed by atoms with van der Waals surface area (Å²) < 4.78 is 12.8. The zero-order valence-electron chi connectivity index (χ0n) is 14.1. The summed E-state index contributed by atoms with van der Waals surface area (Å²) in [7, 11) is 1.66. The first kappa shape index (κ1) is 19.3. The average molecular weight is 340 g/mol. The number of aliphatic imine (C=N–C) groups is 1. The monoisotopic (exact) mass is 340 g/mol. The Morgan fingerprint density at radius 1 is 1.22 bits per heavy atom. The second-order valence-electron chi connectivity index (χ2n) is 5.95. The quantitative estimate of drug-likeness (QED) is 0.321. The fourth-order valence-electron chi connectivity index (χ4n) is 1.72. The molecule has 1 aromatic carbocycles. The Morgan fingerprint density at radius 3 is 2.43 bits per heavy atom. The highest BCUT2D eigenvalue weighted by atomic mass is 32.2. The zero-order valence-corrected chi connectivity index (χ0v) is 14.9. The lowest BCUT2D eigenvalue weighted by molar-refractivity contribution is -0.121. The van der Waals surface area contributed by atoms with Crippen LogP contribution in [-0.4, -0.2) is 43.3 Å². The summed E-state index contributed by atoms with van der Waals surface area (Å²) in [6, 6.07) is 6.40. The first-order valence-electron chi connectivity index (χ1n) is 7.44. The summed E-state index contributed by atoms with van der Waals surface area (Å²) >= 11 is 1.62. The highest BCUT2D eigenvalue weighted by Gasteiger charge is 2.13. The Labute approximate surface area is 141 Å². The fourth-order valence-corrected chi connectivity index (χ4v) is 2.48. The normalized spacial score (nSPS) is 12.0. The Balaban J connectivity index is 2.24. The standard InChI is InChI=1S/C16H25FN4OS/c1-16(2,3)21-14(22)11-20-15(18-4)19-9-10-23-13-7-5-12(17)6-8-13/h5-8H,9-11H2,1-4H3,(H,21,22)(H2,18,19,20). The molecule has 0 aliphatic rings. The number of carbonyl (C=O) groups excluding carboxylic acids is 1. The van der Waals surface area contributed by atoms with Crippen molar-refractivity contribution >= 4 is 23.6 Å². The zero-order chi connectivity index (χ0) is 17.3. The summed E-state index contributed by atoms with van der Waals surface area (Å²) in [4.78, 5) is 16.8. The topological polar surface area (TPSA) is 65.5 Å². The van der Waals surface area contributed by atoms with Gasteiger partial charge < -0.3 is 16.0 Å². The molecule has 0 heterocycles. The number of benzene rings is 1. The number of rotatable bonds is 6. The van der Waals surface area contributed by atoms with Gasteiger partial charge in [0.1, 0.15) is 5.82 Å². The minimum atomic E-state index is -0.249. The van der Waals surface area contributed by atoms with Crippen molar-refractivity contribution in [1.29, 1.82) is 0 Å². The minimum absolute atomic E-state index is 0.0823. The van der Waals surface area contributed by atoms with Crippen LogP contribution in [0.4, 0.5) is 4.39 Å². The van der Waals surface area contributed by atoms with Crippen molar-refractivity contribution in [3.8, 4) is 0 Å². The molecule has 0 atom stereocenters. The number of halogens is 1. The predicted molar refractivity (Wildman–Crippen MR) is 94.4 cm³/mol. The molecule has 1 aromatic rings. The summed E-state index contributed by atoms with van der Waals surface area (Å²) in [6.45, 7) is 6.66. The molecule has 0 radical (unpaired) electrons. The van der Waals surface area contributed by atoms with E-state index in [0.717, 1.165) is 10.6 Å². The smallest absolute Gasteiger partial charge is 0.239 e. The van der Waals surface area contributed by atoms with Crippen molar-refractivity contribution in [3.63, 3.8) is 0 Å². The average Bonchev–Trinajstić information content (AvgIpc) is 2.46. The lowest BCUT2D eigenvalue weighted by atomic mass is 10.1. The Bertz CT molecular complexity index is 526. The predicted octanol–water partition coefficient (Wildman–Crippen LogP) is 2.00. The van der Waals surface area contributed by atoms with E-state index in [2.05, 4.69) is 20.9 Å². The highest BCUT2D eigenvalue weighted by Crippen LogP contribution is 2.17. The third kappa shape index (κ3) is 9.07. The van der Waals surface area contributed by atoms with Crippen molar-refractivity contribution in [2.45, 2.75) is 31.2 Å². The summed E-state index contributed by atoms with van der Waals surface area (Å²) in [5, 5.41) is 8.97. The molecule has 1 amide bonds. The molecule has 3 N–H and O–H groups in total. The number of hydrogen-bond acceptors (Lipinski definition) is 3. The molecule has 5 nitrogen and oxygen atoms in total. The highest BCUT2D eigenvalue weighted by molar-refractivity contribution is 7.99. The molecule has 7 heteroatoms. The van der Waals surface area contributed by atoms with Crippen molar-refractivity contribution in [2.24, 2.45) is 4.99 Å². The molecule has 0 aliphatic carbocycles. The lowest BCUT2D eigenvalue weighted by Crippen LogP contribution is -2.48. The van der Waals surface area contributed by atoms with Gasteiger partial charge in [0, 0.05) is 29.8 Å². The van der Waals surface area contributed by atoms with Crippen LogP contribution in [0.15, 0.2) is 34.2 Å². The number of guanidine groups is 1. The van der Waals surface area contributed by atoms with Crippen molar-refractivity contribution in [3.05, 3.63) is 30.1 Å². The lowest BCUT2D eigenvalue weighted by Gasteiger charge is -2.21. The fraction of sp³-hybridized carbons (Fsp3) is 0.500. The van der Waals surface area contributed by atoms with Crippen molar-refractivity contribution < 1.29 is 9.18 Å². The summed E-state index contributed by atoms with van der Waals surface area (Å²) in [6.07, 6.45) is 0. The molecule has 23 heavy (non-hydrogen) atoms. The van der Waals surface area contributed by atoms with E-state index >= 15 is 0 Å². The van der Waals surface area contributed by atoms with Crippen LogP contribution in [-0.2, 0) is 4.79 Å². The van der Waals surface area contributed by atoms with Gasteiger partial charge in [0.2, 0.25) is 5.91 Å². The molecule has 0 saturated heterocycles. The van der Waals surface area contributed by atoms with Gasteiger partial charge in [-0.15, -0.1) is 11.8 Å². The summed E-state index contributed by atoms with van der Waals surface area (Å²) in [5.41, 5.74) is -0.249. The molecule has 128 valence electrons. The number of nitrogens with zero attached hydrogens (tertiary/aromatic N) is 1. The first-order chi connectivity index (χ1) is 10.8. The van der Waals surface area contributed by atoms with Gasteiger partial charge in [-0.05, 0) is 45.0 Å². The maximum atomic E-state index is 12.8. The Morgan fingerprint density at radius 2 is 1.87 bits per heavy atom. The van der Waals surface area contributed by atoms with Gasteiger partial charge in [-0.3, -0.25) is 9.79 Å². The SMILES string of the molecule is CN=C(NCCSc1ccc(F)cc1)NCC(=O)NC(C)(C)C. The summed E-state index contributed by atoms with van der Waals surface area (Å²) in [5.74, 6) is 1.07. The van der Waals surface area contributed by atoms with Crippen LogP contribution >= 0.6 is 11.8 Å². The van der Waals surface area contributed by atoms with E-state index in [1.807, 2.05) is 20.8 Å². The molecular weight excluding hydrogens is 315 g/mol. The third-order valence-corrected chi connectivity index (χ3v) is 3.65. The van der Waals surface area contributed by atoms with Crippen LogP contribution in [0.5, 0.6) is 0 Å². The van der Waals surface area contributed by atoms with E-state index in [1.54, 1.807) is 30.9 Å². The minimum Gasteiger partial charge on any atom is -0.356 e. The van der Waals surface area contributed by atoms with Crippen LogP contribution in [0, 0.1) is 5.82 Å². The number of nitrogens with one attached hydrogen (secondary N) is 3. The van der Waals surface area contributed by atoms with E-state index in [0.29, 0.717) is 12.5 Å². The Kier molecular flexibility index (Phi) is 7.88. The van der Waals surface area contributed by atoms with E-state index < -0.39 is 0 Å². The number of carbonyl (C=O) groups is 1. The molecule has 0 fully saturated rings. The van der Waals surface area contributed by atoms with Gasteiger partial charge >= 0.3 is 0 Å². The number of amides is 1. The van der Waals surface area contributed by atoms with E-state index in [1.165, 1.54) is 12.1 Å². The van der Waals surface area contributed by atoms with Crippen LogP contribution in [0.25, 0.3) is 0 Å². The largest absolute Gasteiger partial charge is 0.356 e. The van der Waals surface area contributed by atoms with Gasteiger partial charge in [0.15, 0.2) is 5.96 Å². The van der Waals surface area contributed by atoms with Crippen LogP contribution in [0.3, 0.4) is 0 Å². The van der Waals surface area contributed by atoms with Crippen LogP contribution < -0.4 is 16.0 Å². The number of hydrogen-bond donors (Lipinski definition) is 3. The van der Waals surface area contributed by atoms with E-state index in [-0.39, 0.29) is 23.8 Å². The van der Waals surface area contributed by atoms with Gasteiger partial charge in [-0.1, -0.05) is 0 Å². The van der Waals surface area contributed by atoms with Gasteiger partial charge in [0.05, 0.1) is 6.54 Å². The van der Waals surface area contributed by atoms with Gasteiger partial charge in [-0.25, -0.2) is 4.39 Å². The molecule has 0 aliphatic heterocycles.